The summed E-state index contributed by atoms with van der Waals surface area (Å²) in [6.45, 7) is 4.17. The third kappa shape index (κ3) is 3.46. The van der Waals surface area contributed by atoms with Crippen LogP contribution in [0.5, 0.6) is 0 Å². The largest absolute Gasteiger partial charge is 0.461 e. The predicted octanol–water partition coefficient (Wildman–Crippen LogP) is 3.01. The van der Waals surface area contributed by atoms with Crippen LogP contribution in [-0.4, -0.2) is 29.3 Å². The molecule has 1 aromatic rings. The van der Waals surface area contributed by atoms with Crippen LogP contribution in [0, 0.1) is 6.92 Å². The normalized spacial score (nSPS) is 17.5. The molecular weight excluding hydrogens is 240 g/mol. The highest BCUT2D eigenvalue weighted by Crippen LogP contribution is 2.21. The summed E-state index contributed by atoms with van der Waals surface area (Å²) in [5.74, 6) is -0.321. The first-order valence-electron chi connectivity index (χ1n) is 7.11. The molecule has 1 saturated carbocycles. The Hall–Kier alpha value is -1.58. The van der Waals surface area contributed by atoms with Gasteiger partial charge in [0.05, 0.1) is 18.3 Å². The second-order valence-corrected chi connectivity index (χ2v) is 5.03. The smallest absolute Gasteiger partial charge is 0.358 e. The van der Waals surface area contributed by atoms with E-state index in [2.05, 4.69) is 9.98 Å². The minimum Gasteiger partial charge on any atom is -0.461 e. The first-order valence-corrected chi connectivity index (χ1v) is 7.11. The van der Waals surface area contributed by atoms with Crippen LogP contribution >= 0.6 is 0 Å². The summed E-state index contributed by atoms with van der Waals surface area (Å²) in [6.07, 6.45) is 7.66. The minimum atomic E-state index is -0.321. The summed E-state index contributed by atoms with van der Waals surface area (Å²) >= 11 is 0. The summed E-state index contributed by atoms with van der Waals surface area (Å²) in [7, 11) is 0. The maximum Gasteiger partial charge on any atom is 0.358 e. The van der Waals surface area contributed by atoms with E-state index in [4.69, 9.17) is 4.74 Å². The van der Waals surface area contributed by atoms with E-state index in [1.54, 1.807) is 0 Å². The molecule has 0 bridgehead atoms. The fourth-order valence-electron chi connectivity index (χ4n) is 2.51. The maximum atomic E-state index is 12.1. The molecule has 0 aliphatic heterocycles. The van der Waals surface area contributed by atoms with Gasteiger partial charge in [-0.3, -0.25) is 4.99 Å². The quantitative estimate of drug-likeness (QED) is 0.670. The SMILES string of the molecule is CCOC(=O)C(=NC1CCCCC1)c1[nH]ccc1C. The summed E-state index contributed by atoms with van der Waals surface area (Å²) in [5.41, 5.74) is 2.28. The van der Waals surface area contributed by atoms with Gasteiger partial charge in [0.2, 0.25) is 0 Å². The molecule has 0 amide bonds. The number of nitrogens with zero attached hydrogens (tertiary/aromatic N) is 1. The van der Waals surface area contributed by atoms with E-state index < -0.39 is 0 Å². The molecule has 0 aromatic carbocycles. The Morgan fingerprint density at radius 3 is 2.74 bits per heavy atom. The van der Waals surface area contributed by atoms with Crippen molar-refractivity contribution in [2.24, 2.45) is 4.99 Å². The molecule has 4 heteroatoms. The monoisotopic (exact) mass is 262 g/mol. The Morgan fingerprint density at radius 2 is 2.16 bits per heavy atom. The van der Waals surface area contributed by atoms with E-state index in [-0.39, 0.29) is 12.0 Å². The van der Waals surface area contributed by atoms with Crippen molar-refractivity contribution in [2.75, 3.05) is 6.61 Å². The zero-order valence-corrected chi connectivity index (χ0v) is 11.7. The molecule has 4 nitrogen and oxygen atoms in total. The lowest BCUT2D eigenvalue weighted by Gasteiger charge is -2.19. The molecule has 0 atom stereocenters. The Morgan fingerprint density at radius 1 is 1.42 bits per heavy atom. The number of ether oxygens (including phenoxy) is 1. The number of esters is 1. The third-order valence-corrected chi connectivity index (χ3v) is 3.55. The van der Waals surface area contributed by atoms with Gasteiger partial charge >= 0.3 is 5.97 Å². The summed E-state index contributed by atoms with van der Waals surface area (Å²) in [4.78, 5) is 19.9. The van der Waals surface area contributed by atoms with E-state index in [0.717, 1.165) is 24.1 Å². The van der Waals surface area contributed by atoms with Crippen LogP contribution in [0.3, 0.4) is 0 Å². The van der Waals surface area contributed by atoms with Crippen LogP contribution in [-0.2, 0) is 9.53 Å². The number of carbonyl (C=O) groups excluding carboxylic acids is 1. The minimum absolute atomic E-state index is 0.260. The van der Waals surface area contributed by atoms with Crippen LogP contribution in [0.25, 0.3) is 0 Å². The molecule has 104 valence electrons. The fraction of sp³-hybridized carbons (Fsp3) is 0.600. The highest BCUT2D eigenvalue weighted by atomic mass is 16.5. The standard InChI is InChI=1S/C15H22N2O2/c1-3-19-15(18)14(13-11(2)9-10-16-13)17-12-7-5-4-6-8-12/h9-10,12,16H,3-8H2,1-2H3. The number of nitrogens with one attached hydrogen (secondary N) is 1. The average Bonchev–Trinajstić information content (AvgIpc) is 2.83. The zero-order chi connectivity index (χ0) is 13.7. The van der Waals surface area contributed by atoms with Crippen molar-refractivity contribution in [2.45, 2.75) is 52.0 Å². The van der Waals surface area contributed by atoms with Gasteiger partial charge in [-0.2, -0.15) is 0 Å². The summed E-state index contributed by atoms with van der Waals surface area (Å²) in [6, 6.07) is 2.21. The topological polar surface area (TPSA) is 54.4 Å². The van der Waals surface area contributed by atoms with Gasteiger partial charge in [-0.1, -0.05) is 19.3 Å². The van der Waals surface area contributed by atoms with Crippen molar-refractivity contribution >= 4 is 11.7 Å². The molecule has 1 fully saturated rings. The van der Waals surface area contributed by atoms with Crippen molar-refractivity contribution < 1.29 is 9.53 Å². The number of carbonyl (C=O) groups is 1. The van der Waals surface area contributed by atoms with Crippen molar-refractivity contribution in [3.63, 3.8) is 0 Å². The number of hydrogen-bond acceptors (Lipinski definition) is 3. The van der Waals surface area contributed by atoms with Gasteiger partial charge in [-0.25, -0.2) is 4.79 Å². The van der Waals surface area contributed by atoms with E-state index in [1.165, 1.54) is 19.3 Å². The van der Waals surface area contributed by atoms with Gasteiger partial charge in [-0.15, -0.1) is 0 Å². The van der Waals surface area contributed by atoms with Crippen LogP contribution in [0.1, 0.15) is 50.3 Å². The molecule has 0 unspecified atom stereocenters. The lowest BCUT2D eigenvalue weighted by Crippen LogP contribution is -2.23. The molecule has 1 N–H and O–H groups in total. The number of aromatic amines is 1. The van der Waals surface area contributed by atoms with Crippen LogP contribution in [0.4, 0.5) is 0 Å². The Bertz CT molecular complexity index is 456. The molecule has 1 aliphatic rings. The molecule has 0 radical (unpaired) electrons. The van der Waals surface area contributed by atoms with Crippen LogP contribution < -0.4 is 0 Å². The van der Waals surface area contributed by atoms with E-state index in [1.807, 2.05) is 26.1 Å². The van der Waals surface area contributed by atoms with Gasteiger partial charge in [0, 0.05) is 6.20 Å². The van der Waals surface area contributed by atoms with Gasteiger partial charge in [-0.05, 0) is 38.3 Å². The van der Waals surface area contributed by atoms with Crippen molar-refractivity contribution in [3.8, 4) is 0 Å². The average molecular weight is 262 g/mol. The van der Waals surface area contributed by atoms with Crippen molar-refractivity contribution in [1.29, 1.82) is 0 Å². The molecule has 0 spiro atoms. The second-order valence-electron chi connectivity index (χ2n) is 5.03. The van der Waals surface area contributed by atoms with Crippen LogP contribution in [0.15, 0.2) is 17.3 Å². The number of hydrogen-bond donors (Lipinski definition) is 1. The fourth-order valence-corrected chi connectivity index (χ4v) is 2.51. The molecule has 0 saturated heterocycles. The van der Waals surface area contributed by atoms with E-state index >= 15 is 0 Å². The molecule has 1 aromatic heterocycles. The Balaban J connectivity index is 2.25. The van der Waals surface area contributed by atoms with Crippen molar-refractivity contribution in [3.05, 3.63) is 23.5 Å². The highest BCUT2D eigenvalue weighted by Gasteiger charge is 2.21. The van der Waals surface area contributed by atoms with E-state index in [0.29, 0.717) is 12.3 Å². The first-order chi connectivity index (χ1) is 9.22. The highest BCUT2D eigenvalue weighted by molar-refractivity contribution is 6.43. The zero-order valence-electron chi connectivity index (χ0n) is 11.7. The summed E-state index contributed by atoms with van der Waals surface area (Å²) < 4.78 is 5.13. The number of rotatable bonds is 4. The predicted molar refractivity (Wildman–Crippen MR) is 75.6 cm³/mol. The van der Waals surface area contributed by atoms with Gasteiger partial charge in [0.1, 0.15) is 0 Å². The summed E-state index contributed by atoms with van der Waals surface area (Å²) in [5, 5.41) is 0. The maximum absolute atomic E-state index is 12.1. The van der Waals surface area contributed by atoms with Crippen LogP contribution in [0.2, 0.25) is 0 Å². The van der Waals surface area contributed by atoms with Gasteiger partial charge in [0.25, 0.3) is 0 Å². The number of aromatic nitrogens is 1. The second kappa shape index (κ2) is 6.55. The number of aliphatic imine (C=N–C) groups is 1. The van der Waals surface area contributed by atoms with Gasteiger partial charge < -0.3 is 9.72 Å². The molecule has 1 heterocycles. The molecule has 2 rings (SSSR count). The molecule has 19 heavy (non-hydrogen) atoms. The third-order valence-electron chi connectivity index (χ3n) is 3.55. The molecule has 1 aliphatic carbocycles. The Labute approximate surface area is 114 Å². The van der Waals surface area contributed by atoms with E-state index in [9.17, 15) is 4.79 Å². The number of H-pyrrole nitrogens is 1. The molecular formula is C15H22N2O2. The first kappa shape index (κ1) is 13.8. The van der Waals surface area contributed by atoms with Gasteiger partial charge in [0.15, 0.2) is 5.71 Å². The number of aryl methyl sites for hydroxylation is 1. The van der Waals surface area contributed by atoms with Crippen molar-refractivity contribution in [1.82, 2.24) is 4.98 Å². The lowest BCUT2D eigenvalue weighted by molar-refractivity contribution is -0.135. The lowest BCUT2D eigenvalue weighted by atomic mass is 9.96. The Kier molecular flexibility index (Phi) is 4.77.